The van der Waals surface area contributed by atoms with Gasteiger partial charge in [0, 0.05) is 33.8 Å². The first kappa shape index (κ1) is 27.1. The molecule has 1 rings (SSSR count). The zero-order chi connectivity index (χ0) is 20.3. The number of aliphatic imine (C=N–C) groups is 1. The van der Waals surface area contributed by atoms with Gasteiger partial charge in [-0.1, -0.05) is 31.5 Å². The van der Waals surface area contributed by atoms with Gasteiger partial charge >= 0.3 is 0 Å². The number of hydrogen-bond acceptors (Lipinski definition) is 4. The van der Waals surface area contributed by atoms with Crippen LogP contribution >= 0.6 is 24.0 Å². The largest absolute Gasteiger partial charge is 0.396 e. The number of guanidine groups is 1. The molecule has 0 saturated carbocycles. The minimum Gasteiger partial charge on any atom is -0.396 e. The summed E-state index contributed by atoms with van der Waals surface area (Å²) >= 11 is 0. The molecule has 1 aromatic carbocycles. The first-order valence-electron chi connectivity index (χ1n) is 9.50. The maximum absolute atomic E-state index is 12.5. The Morgan fingerprint density at radius 3 is 2.43 bits per heavy atom. The highest BCUT2D eigenvalue weighted by Gasteiger charge is 2.20. The van der Waals surface area contributed by atoms with Crippen LogP contribution in [0.4, 0.5) is 0 Å². The van der Waals surface area contributed by atoms with Crippen molar-refractivity contribution in [2.24, 2.45) is 10.9 Å². The van der Waals surface area contributed by atoms with Gasteiger partial charge < -0.3 is 15.7 Å². The molecule has 9 heteroatoms. The zero-order valence-electron chi connectivity index (χ0n) is 17.3. The summed E-state index contributed by atoms with van der Waals surface area (Å²) in [6.07, 6.45) is 2.86. The average Bonchev–Trinajstić information content (AvgIpc) is 2.64. The van der Waals surface area contributed by atoms with Crippen LogP contribution in [0.2, 0.25) is 0 Å². The van der Waals surface area contributed by atoms with Crippen LogP contribution in [-0.4, -0.2) is 57.6 Å². The third-order valence-corrected chi connectivity index (χ3v) is 6.19. The third kappa shape index (κ3) is 8.62. The zero-order valence-corrected chi connectivity index (χ0v) is 20.5. The number of nitrogens with zero attached hydrogens (tertiary/aromatic N) is 2. The SMILES string of the molecule is CCCC(CCO)CNC(=NCc1ccccc1S(=O)(=O)N(C)C)NCC.I. The van der Waals surface area contributed by atoms with E-state index in [1.165, 1.54) is 18.4 Å². The van der Waals surface area contributed by atoms with Gasteiger partial charge in [-0.15, -0.1) is 24.0 Å². The van der Waals surface area contributed by atoms with E-state index in [0.29, 0.717) is 24.0 Å². The Bertz CT molecular complexity index is 690. The lowest BCUT2D eigenvalue weighted by Gasteiger charge is -2.18. The first-order chi connectivity index (χ1) is 12.9. The van der Waals surface area contributed by atoms with E-state index < -0.39 is 10.0 Å². The van der Waals surface area contributed by atoms with E-state index in [0.717, 1.165) is 25.8 Å². The second-order valence-electron chi connectivity index (χ2n) is 6.64. The second-order valence-corrected chi connectivity index (χ2v) is 8.76. The minimum absolute atomic E-state index is 0. The third-order valence-electron chi connectivity index (χ3n) is 4.28. The van der Waals surface area contributed by atoms with Crippen molar-refractivity contribution in [3.63, 3.8) is 0 Å². The van der Waals surface area contributed by atoms with Gasteiger partial charge in [0.2, 0.25) is 10.0 Å². The van der Waals surface area contributed by atoms with Crippen LogP contribution in [-0.2, 0) is 16.6 Å². The molecule has 0 spiro atoms. The lowest BCUT2D eigenvalue weighted by atomic mass is 10.0. The quantitative estimate of drug-likeness (QED) is 0.234. The summed E-state index contributed by atoms with van der Waals surface area (Å²) in [7, 11) is -0.465. The van der Waals surface area contributed by atoms with Gasteiger partial charge in [0.05, 0.1) is 11.4 Å². The summed E-state index contributed by atoms with van der Waals surface area (Å²) in [6, 6.07) is 6.93. The molecule has 28 heavy (non-hydrogen) atoms. The van der Waals surface area contributed by atoms with E-state index in [2.05, 4.69) is 22.5 Å². The number of benzene rings is 1. The molecule has 162 valence electrons. The summed E-state index contributed by atoms with van der Waals surface area (Å²) in [5.74, 6) is 1.03. The fourth-order valence-corrected chi connectivity index (χ4v) is 3.88. The van der Waals surface area contributed by atoms with Gasteiger partial charge in [0.1, 0.15) is 0 Å². The van der Waals surface area contributed by atoms with Crippen molar-refractivity contribution in [3.8, 4) is 0 Å². The molecule has 0 bridgehead atoms. The molecule has 0 aliphatic heterocycles. The molecular formula is C19H35IN4O3S. The van der Waals surface area contributed by atoms with E-state index in [9.17, 15) is 13.5 Å². The Labute approximate surface area is 187 Å². The maximum atomic E-state index is 12.5. The molecule has 0 saturated heterocycles. The van der Waals surface area contributed by atoms with Crippen molar-refractivity contribution in [1.29, 1.82) is 0 Å². The van der Waals surface area contributed by atoms with Gasteiger partial charge in [-0.05, 0) is 37.3 Å². The van der Waals surface area contributed by atoms with Crippen LogP contribution in [0, 0.1) is 5.92 Å². The molecule has 7 nitrogen and oxygen atoms in total. The lowest BCUT2D eigenvalue weighted by Crippen LogP contribution is -2.40. The summed E-state index contributed by atoms with van der Waals surface area (Å²) in [6.45, 7) is 5.98. The molecule has 0 aromatic heterocycles. The van der Waals surface area contributed by atoms with Crippen LogP contribution in [0.1, 0.15) is 38.7 Å². The van der Waals surface area contributed by atoms with E-state index in [1.54, 1.807) is 18.2 Å². The summed E-state index contributed by atoms with van der Waals surface area (Å²) in [4.78, 5) is 4.83. The predicted molar refractivity (Wildman–Crippen MR) is 126 cm³/mol. The first-order valence-corrected chi connectivity index (χ1v) is 10.9. The molecule has 0 fully saturated rings. The summed E-state index contributed by atoms with van der Waals surface area (Å²) in [5.41, 5.74) is 0.656. The predicted octanol–water partition coefficient (Wildman–Crippen LogP) is 2.41. The highest BCUT2D eigenvalue weighted by molar-refractivity contribution is 14.0. The number of nitrogens with one attached hydrogen (secondary N) is 2. The number of aliphatic hydroxyl groups is 1. The van der Waals surface area contributed by atoms with Crippen LogP contribution in [0.25, 0.3) is 0 Å². The van der Waals surface area contributed by atoms with E-state index >= 15 is 0 Å². The Morgan fingerprint density at radius 2 is 1.86 bits per heavy atom. The fourth-order valence-electron chi connectivity index (χ4n) is 2.77. The van der Waals surface area contributed by atoms with E-state index in [4.69, 9.17) is 0 Å². The van der Waals surface area contributed by atoms with Crippen LogP contribution < -0.4 is 10.6 Å². The number of hydrogen-bond donors (Lipinski definition) is 3. The van der Waals surface area contributed by atoms with E-state index in [1.807, 2.05) is 13.0 Å². The Hall–Kier alpha value is -0.910. The molecule has 0 heterocycles. The number of halogens is 1. The van der Waals surface area contributed by atoms with Crippen molar-refractivity contribution in [1.82, 2.24) is 14.9 Å². The van der Waals surface area contributed by atoms with Gasteiger partial charge in [-0.25, -0.2) is 17.7 Å². The normalized spacial score (nSPS) is 13.1. The lowest BCUT2D eigenvalue weighted by molar-refractivity contribution is 0.251. The van der Waals surface area contributed by atoms with E-state index in [-0.39, 0.29) is 42.0 Å². The van der Waals surface area contributed by atoms with Gasteiger partial charge in [-0.2, -0.15) is 0 Å². The van der Waals surface area contributed by atoms with Crippen LogP contribution in [0.15, 0.2) is 34.2 Å². The Morgan fingerprint density at radius 1 is 1.18 bits per heavy atom. The topological polar surface area (TPSA) is 94.0 Å². The van der Waals surface area contributed by atoms with Crippen molar-refractivity contribution < 1.29 is 13.5 Å². The second kappa shape index (κ2) is 14.1. The molecule has 1 aromatic rings. The average molecular weight is 526 g/mol. The molecule has 1 unspecified atom stereocenters. The Balaban J connectivity index is 0.00000729. The highest BCUT2D eigenvalue weighted by atomic mass is 127. The minimum atomic E-state index is -3.51. The van der Waals surface area contributed by atoms with Gasteiger partial charge in [-0.3, -0.25) is 0 Å². The molecule has 0 aliphatic carbocycles. The van der Waals surface area contributed by atoms with Crippen LogP contribution in [0.5, 0.6) is 0 Å². The number of aliphatic hydroxyl groups excluding tert-OH is 1. The van der Waals surface area contributed by atoms with Crippen molar-refractivity contribution in [2.45, 2.75) is 44.6 Å². The number of rotatable bonds is 11. The maximum Gasteiger partial charge on any atom is 0.242 e. The highest BCUT2D eigenvalue weighted by Crippen LogP contribution is 2.19. The summed E-state index contributed by atoms with van der Waals surface area (Å²) in [5, 5.41) is 15.7. The molecule has 0 amide bonds. The molecule has 1 atom stereocenters. The molecule has 0 radical (unpaired) electrons. The fraction of sp³-hybridized carbons (Fsp3) is 0.632. The van der Waals surface area contributed by atoms with Crippen molar-refractivity contribution >= 4 is 40.0 Å². The van der Waals surface area contributed by atoms with Crippen LogP contribution in [0.3, 0.4) is 0 Å². The molecule has 3 N–H and O–H groups in total. The summed E-state index contributed by atoms with van der Waals surface area (Å²) < 4.78 is 26.2. The van der Waals surface area contributed by atoms with Crippen molar-refractivity contribution in [2.75, 3.05) is 33.8 Å². The monoisotopic (exact) mass is 526 g/mol. The molecular weight excluding hydrogens is 491 g/mol. The Kier molecular flexibility index (Phi) is 13.7. The van der Waals surface area contributed by atoms with Gasteiger partial charge in [0.25, 0.3) is 0 Å². The smallest absolute Gasteiger partial charge is 0.242 e. The number of sulfonamides is 1. The van der Waals surface area contributed by atoms with Gasteiger partial charge in [0.15, 0.2) is 5.96 Å². The molecule has 0 aliphatic rings. The van der Waals surface area contributed by atoms with Crippen molar-refractivity contribution in [3.05, 3.63) is 29.8 Å². The standard InChI is InChI=1S/C19H34N4O3S.HI/c1-5-9-16(12-13-24)14-21-19(20-6-2)22-15-17-10-7-8-11-18(17)27(25,26)23(3)4;/h7-8,10-11,16,24H,5-6,9,12-15H2,1-4H3,(H2,20,21,22);1H.